The molecule has 1 aliphatic carbocycles. The van der Waals surface area contributed by atoms with E-state index in [1.807, 2.05) is 0 Å². The van der Waals surface area contributed by atoms with Crippen LogP contribution in [0.2, 0.25) is 0 Å². The van der Waals surface area contributed by atoms with E-state index in [9.17, 15) is 4.79 Å². The number of hydrogen-bond acceptors (Lipinski definition) is 2. The molecule has 22 heavy (non-hydrogen) atoms. The quantitative estimate of drug-likeness (QED) is 0.852. The van der Waals surface area contributed by atoms with Crippen molar-refractivity contribution in [2.24, 2.45) is 0 Å². The zero-order valence-electron chi connectivity index (χ0n) is 14.0. The predicted octanol–water partition coefficient (Wildman–Crippen LogP) is 3.18. The van der Waals surface area contributed by atoms with E-state index >= 15 is 0 Å². The number of carbonyl (C=O) groups is 1. The van der Waals surface area contributed by atoms with Crippen molar-refractivity contribution in [3.8, 4) is 0 Å². The Bertz CT molecular complexity index is 532. The van der Waals surface area contributed by atoms with Gasteiger partial charge in [0, 0.05) is 13.1 Å². The summed E-state index contributed by atoms with van der Waals surface area (Å²) in [4.78, 5) is 17.6. The Hall–Kier alpha value is -1.35. The molecule has 1 fully saturated rings. The molecule has 1 aliphatic heterocycles. The summed E-state index contributed by atoms with van der Waals surface area (Å²) in [5.41, 5.74) is 2.47. The molecule has 2 aliphatic rings. The van der Waals surface area contributed by atoms with Crippen LogP contribution in [-0.4, -0.2) is 42.9 Å². The standard InChI is InChI=1S/C19H28N2O/c1-20(2)13-8-14-21-15-16-9-4-5-10-17(16)19(18(21)22)11-6-3-7-12-19/h4-5,9-10H,3,6-8,11-15H2,1-2H3. The number of benzene rings is 1. The third kappa shape index (κ3) is 2.79. The number of carbonyl (C=O) groups excluding carboxylic acids is 1. The van der Waals surface area contributed by atoms with Gasteiger partial charge < -0.3 is 9.80 Å². The Balaban J connectivity index is 1.86. The fourth-order valence-corrected chi connectivity index (χ4v) is 4.22. The Morgan fingerprint density at radius 1 is 1.14 bits per heavy atom. The van der Waals surface area contributed by atoms with E-state index in [-0.39, 0.29) is 5.41 Å². The van der Waals surface area contributed by atoms with Crippen LogP contribution < -0.4 is 0 Å². The molecule has 1 spiro atoms. The summed E-state index contributed by atoms with van der Waals surface area (Å²) in [6.07, 6.45) is 6.77. The van der Waals surface area contributed by atoms with Crippen LogP contribution in [-0.2, 0) is 16.8 Å². The maximum Gasteiger partial charge on any atom is 0.233 e. The molecule has 3 heteroatoms. The minimum absolute atomic E-state index is 0.217. The first-order chi connectivity index (χ1) is 10.6. The summed E-state index contributed by atoms with van der Waals surface area (Å²) in [7, 11) is 4.19. The van der Waals surface area contributed by atoms with E-state index in [1.54, 1.807) is 0 Å². The van der Waals surface area contributed by atoms with Gasteiger partial charge in [0.2, 0.25) is 5.91 Å². The minimum atomic E-state index is -0.217. The first kappa shape index (κ1) is 15.5. The number of amides is 1. The number of rotatable bonds is 4. The molecule has 120 valence electrons. The minimum Gasteiger partial charge on any atom is -0.338 e. The van der Waals surface area contributed by atoms with E-state index in [2.05, 4.69) is 48.2 Å². The largest absolute Gasteiger partial charge is 0.338 e. The highest BCUT2D eigenvalue weighted by Crippen LogP contribution is 2.45. The van der Waals surface area contributed by atoms with E-state index in [4.69, 9.17) is 0 Å². The van der Waals surface area contributed by atoms with Crippen molar-refractivity contribution in [1.82, 2.24) is 9.80 Å². The zero-order chi connectivity index (χ0) is 15.6. The molecule has 1 amide bonds. The van der Waals surface area contributed by atoms with Crippen molar-refractivity contribution in [2.45, 2.75) is 50.5 Å². The average Bonchev–Trinajstić information content (AvgIpc) is 2.53. The Kier molecular flexibility index (Phi) is 4.53. The van der Waals surface area contributed by atoms with Crippen LogP contribution in [0.5, 0.6) is 0 Å². The van der Waals surface area contributed by atoms with Crippen LogP contribution in [0.25, 0.3) is 0 Å². The van der Waals surface area contributed by atoms with Crippen LogP contribution in [0.3, 0.4) is 0 Å². The number of fused-ring (bicyclic) bond motifs is 2. The van der Waals surface area contributed by atoms with Gasteiger partial charge in [0.25, 0.3) is 0 Å². The highest BCUT2D eigenvalue weighted by molar-refractivity contribution is 5.90. The van der Waals surface area contributed by atoms with Crippen LogP contribution >= 0.6 is 0 Å². The van der Waals surface area contributed by atoms with Gasteiger partial charge in [-0.2, -0.15) is 0 Å². The molecule has 1 aromatic carbocycles. The molecule has 0 atom stereocenters. The van der Waals surface area contributed by atoms with Gasteiger partial charge in [0.05, 0.1) is 5.41 Å². The number of hydrogen-bond donors (Lipinski definition) is 0. The lowest BCUT2D eigenvalue weighted by Crippen LogP contribution is -2.52. The molecule has 3 nitrogen and oxygen atoms in total. The average molecular weight is 300 g/mol. The molecule has 0 aromatic heterocycles. The molecule has 1 aromatic rings. The first-order valence-electron chi connectivity index (χ1n) is 8.66. The van der Waals surface area contributed by atoms with Crippen LogP contribution in [0, 0.1) is 0 Å². The third-order valence-electron chi connectivity index (χ3n) is 5.33. The van der Waals surface area contributed by atoms with Crippen molar-refractivity contribution < 1.29 is 4.79 Å². The Morgan fingerprint density at radius 2 is 1.86 bits per heavy atom. The molecular formula is C19H28N2O. The molecular weight excluding hydrogens is 272 g/mol. The second kappa shape index (κ2) is 6.41. The monoisotopic (exact) mass is 300 g/mol. The van der Waals surface area contributed by atoms with E-state index < -0.39 is 0 Å². The van der Waals surface area contributed by atoms with E-state index in [0.717, 1.165) is 38.9 Å². The maximum atomic E-state index is 13.3. The maximum absolute atomic E-state index is 13.3. The fourth-order valence-electron chi connectivity index (χ4n) is 4.22. The van der Waals surface area contributed by atoms with Crippen molar-refractivity contribution in [3.63, 3.8) is 0 Å². The van der Waals surface area contributed by atoms with Gasteiger partial charge in [0.1, 0.15) is 0 Å². The van der Waals surface area contributed by atoms with Gasteiger partial charge in [-0.05, 0) is 51.0 Å². The SMILES string of the molecule is CN(C)CCCN1Cc2ccccc2C2(CCCCC2)C1=O. The van der Waals surface area contributed by atoms with Crippen molar-refractivity contribution in [3.05, 3.63) is 35.4 Å². The van der Waals surface area contributed by atoms with Crippen molar-refractivity contribution >= 4 is 5.91 Å². The Labute approximate surface area is 134 Å². The highest BCUT2D eigenvalue weighted by atomic mass is 16.2. The molecule has 0 unspecified atom stereocenters. The third-order valence-corrected chi connectivity index (χ3v) is 5.33. The van der Waals surface area contributed by atoms with Crippen LogP contribution in [0.4, 0.5) is 0 Å². The van der Waals surface area contributed by atoms with Gasteiger partial charge in [-0.25, -0.2) is 0 Å². The summed E-state index contributed by atoms with van der Waals surface area (Å²) in [5.74, 6) is 0.393. The van der Waals surface area contributed by atoms with Gasteiger partial charge in [0.15, 0.2) is 0 Å². The van der Waals surface area contributed by atoms with Gasteiger partial charge >= 0.3 is 0 Å². The van der Waals surface area contributed by atoms with Gasteiger partial charge in [-0.3, -0.25) is 4.79 Å². The zero-order valence-corrected chi connectivity index (χ0v) is 14.0. The lowest BCUT2D eigenvalue weighted by molar-refractivity contribution is -0.141. The summed E-state index contributed by atoms with van der Waals surface area (Å²) < 4.78 is 0. The highest BCUT2D eigenvalue weighted by Gasteiger charge is 2.47. The fraction of sp³-hybridized carbons (Fsp3) is 0.632. The number of nitrogens with zero attached hydrogens (tertiary/aromatic N) is 2. The van der Waals surface area contributed by atoms with Crippen molar-refractivity contribution in [1.29, 1.82) is 0 Å². The molecule has 1 saturated carbocycles. The van der Waals surface area contributed by atoms with E-state index in [1.165, 1.54) is 30.4 Å². The lowest BCUT2D eigenvalue weighted by Gasteiger charge is -2.45. The summed E-state index contributed by atoms with van der Waals surface area (Å²) in [6.45, 7) is 2.72. The van der Waals surface area contributed by atoms with Crippen molar-refractivity contribution in [2.75, 3.05) is 27.2 Å². The molecule has 1 heterocycles. The summed E-state index contributed by atoms with van der Waals surface area (Å²) in [5, 5.41) is 0. The van der Waals surface area contributed by atoms with Gasteiger partial charge in [-0.1, -0.05) is 43.5 Å². The first-order valence-corrected chi connectivity index (χ1v) is 8.66. The lowest BCUT2D eigenvalue weighted by atomic mass is 9.65. The second-order valence-corrected chi connectivity index (χ2v) is 7.18. The van der Waals surface area contributed by atoms with Gasteiger partial charge in [-0.15, -0.1) is 0 Å². The molecule has 0 saturated heterocycles. The van der Waals surface area contributed by atoms with Crippen LogP contribution in [0.1, 0.15) is 49.7 Å². The summed E-state index contributed by atoms with van der Waals surface area (Å²) >= 11 is 0. The second-order valence-electron chi connectivity index (χ2n) is 7.18. The van der Waals surface area contributed by atoms with E-state index in [0.29, 0.717) is 5.91 Å². The normalized spacial score (nSPS) is 20.5. The molecule has 0 radical (unpaired) electrons. The Morgan fingerprint density at radius 3 is 2.59 bits per heavy atom. The smallest absolute Gasteiger partial charge is 0.233 e. The van der Waals surface area contributed by atoms with Crippen LogP contribution in [0.15, 0.2) is 24.3 Å². The molecule has 3 rings (SSSR count). The molecule has 0 bridgehead atoms. The molecule has 0 N–H and O–H groups in total. The predicted molar refractivity (Wildman–Crippen MR) is 89.8 cm³/mol. The summed E-state index contributed by atoms with van der Waals surface area (Å²) in [6, 6.07) is 8.64. The topological polar surface area (TPSA) is 23.6 Å².